The van der Waals surface area contributed by atoms with Gasteiger partial charge in [0.1, 0.15) is 6.54 Å². The molecule has 0 unspecified atom stereocenters. The van der Waals surface area contributed by atoms with Crippen LogP contribution in [0.1, 0.15) is 5.56 Å². The number of nitrogens with one attached hydrogen (secondary N) is 1. The van der Waals surface area contributed by atoms with Crippen LogP contribution in [0.15, 0.2) is 52.8 Å². The van der Waals surface area contributed by atoms with Crippen LogP contribution in [0.3, 0.4) is 0 Å². The van der Waals surface area contributed by atoms with E-state index in [2.05, 4.69) is 15.7 Å². The van der Waals surface area contributed by atoms with E-state index in [1.54, 1.807) is 12.1 Å². The number of hydrogen-bond acceptors (Lipinski definition) is 6. The zero-order valence-electron chi connectivity index (χ0n) is 15.2. The molecule has 0 saturated carbocycles. The Bertz CT molecular complexity index is 1040. The zero-order valence-corrected chi connectivity index (χ0v) is 15.2. The lowest BCUT2D eigenvalue weighted by molar-refractivity contribution is -0.123. The van der Waals surface area contributed by atoms with Gasteiger partial charge in [-0.25, -0.2) is 13.7 Å². The lowest BCUT2D eigenvalue weighted by Crippen LogP contribution is -2.43. The maximum Gasteiger partial charge on any atom is 0.263 e. The van der Waals surface area contributed by atoms with Crippen molar-refractivity contribution < 1.29 is 23.2 Å². The first kappa shape index (κ1) is 18.7. The number of carbonyl (C=O) groups excluding carboxylic acids is 3. The smallest absolute Gasteiger partial charge is 0.263 e. The minimum Gasteiger partial charge on any atom is -0.324 e. The molecule has 148 valence electrons. The van der Waals surface area contributed by atoms with Crippen molar-refractivity contribution in [2.24, 2.45) is 10.3 Å². The number of hydrogen-bond donors (Lipinski definition) is 1. The quantitative estimate of drug-likeness (QED) is 0.798. The minimum atomic E-state index is -1.18. The molecule has 1 fully saturated rings. The number of halogens is 2. The highest BCUT2D eigenvalue weighted by atomic mass is 19.2. The highest BCUT2D eigenvalue weighted by Crippen LogP contribution is 2.32. The van der Waals surface area contributed by atoms with Crippen molar-refractivity contribution in [1.82, 2.24) is 5.01 Å². The first-order valence-electron chi connectivity index (χ1n) is 8.72. The van der Waals surface area contributed by atoms with Crippen molar-refractivity contribution in [3.05, 3.63) is 59.7 Å². The second-order valence-electron chi connectivity index (χ2n) is 6.72. The summed E-state index contributed by atoms with van der Waals surface area (Å²) in [5, 5.41) is 11.4. The topological polar surface area (TPSA) is 94.4 Å². The molecule has 0 aromatic heterocycles. The summed E-state index contributed by atoms with van der Waals surface area (Å²) in [4.78, 5) is 38.4. The number of rotatable bonds is 4. The number of nitrogens with zero attached hydrogens (tertiary/aromatic N) is 4. The van der Waals surface area contributed by atoms with Crippen LogP contribution < -0.4 is 10.2 Å². The lowest BCUT2D eigenvalue weighted by Gasteiger charge is -2.20. The molecule has 2 aromatic carbocycles. The van der Waals surface area contributed by atoms with Gasteiger partial charge in [-0.05, 0) is 31.2 Å². The molecule has 10 heteroatoms. The number of anilines is 2. The van der Waals surface area contributed by atoms with Crippen molar-refractivity contribution in [1.29, 1.82) is 0 Å². The summed E-state index contributed by atoms with van der Waals surface area (Å²) >= 11 is 0. The average Bonchev–Trinajstić information content (AvgIpc) is 3.20. The Morgan fingerprint density at radius 3 is 2.48 bits per heavy atom. The maximum atomic E-state index is 13.5. The van der Waals surface area contributed by atoms with Crippen LogP contribution in [0.25, 0.3) is 0 Å². The molecule has 3 amide bonds. The summed E-state index contributed by atoms with van der Waals surface area (Å²) in [5.74, 6) is -4.14. The summed E-state index contributed by atoms with van der Waals surface area (Å²) in [7, 11) is 0. The predicted molar refractivity (Wildman–Crippen MR) is 97.8 cm³/mol. The molecule has 2 heterocycles. The standard InChI is InChI=1S/C19H15F2N5O3/c1-10-2-4-11(5-3-10)22-15(27)9-25-17-16(23-24-25)18(28)26(19(17)29)12-6-7-13(20)14(21)8-12/h2-8,16-17H,9H2,1H3,(H,22,27)/t16-,17-/m1/s1. The first-order chi connectivity index (χ1) is 13.8. The lowest BCUT2D eigenvalue weighted by atomic mass is 10.1. The van der Waals surface area contributed by atoms with E-state index in [0.717, 1.165) is 33.7 Å². The second kappa shape index (κ2) is 7.04. The molecular formula is C19H15F2N5O3. The summed E-state index contributed by atoms with van der Waals surface area (Å²) < 4.78 is 26.7. The number of aryl methyl sites for hydroxylation is 1. The molecule has 1 N–H and O–H groups in total. The number of imide groups is 1. The molecule has 2 aliphatic rings. The molecule has 0 aliphatic carbocycles. The van der Waals surface area contributed by atoms with E-state index in [1.165, 1.54) is 0 Å². The van der Waals surface area contributed by atoms with E-state index in [0.29, 0.717) is 5.69 Å². The fourth-order valence-corrected chi connectivity index (χ4v) is 3.22. The van der Waals surface area contributed by atoms with Crippen LogP contribution in [0, 0.1) is 18.6 Å². The van der Waals surface area contributed by atoms with Gasteiger partial charge in [0.15, 0.2) is 23.7 Å². The molecule has 2 aliphatic heterocycles. The Balaban J connectivity index is 1.49. The molecule has 29 heavy (non-hydrogen) atoms. The normalized spacial score (nSPS) is 20.4. The van der Waals surface area contributed by atoms with Crippen molar-refractivity contribution in [2.45, 2.75) is 19.0 Å². The van der Waals surface area contributed by atoms with E-state index >= 15 is 0 Å². The van der Waals surface area contributed by atoms with E-state index in [4.69, 9.17) is 0 Å². The number of carbonyl (C=O) groups is 3. The molecule has 8 nitrogen and oxygen atoms in total. The van der Waals surface area contributed by atoms with Crippen LogP contribution in [0.5, 0.6) is 0 Å². The van der Waals surface area contributed by atoms with Crippen LogP contribution >= 0.6 is 0 Å². The van der Waals surface area contributed by atoms with Crippen LogP contribution in [-0.2, 0) is 14.4 Å². The highest BCUT2D eigenvalue weighted by molar-refractivity contribution is 6.25. The largest absolute Gasteiger partial charge is 0.324 e. The Morgan fingerprint density at radius 2 is 1.79 bits per heavy atom. The number of benzene rings is 2. The van der Waals surface area contributed by atoms with E-state index in [1.807, 2.05) is 19.1 Å². The molecule has 2 atom stereocenters. The van der Waals surface area contributed by atoms with E-state index < -0.39 is 41.4 Å². The Hall–Kier alpha value is -3.69. The van der Waals surface area contributed by atoms with Crippen molar-refractivity contribution in [3.63, 3.8) is 0 Å². The molecule has 0 bridgehead atoms. The van der Waals surface area contributed by atoms with Gasteiger partial charge in [0.2, 0.25) is 5.91 Å². The predicted octanol–water partition coefficient (Wildman–Crippen LogP) is 2.21. The maximum absolute atomic E-state index is 13.5. The number of amides is 3. The third kappa shape index (κ3) is 3.33. The minimum absolute atomic E-state index is 0.104. The average molecular weight is 399 g/mol. The van der Waals surface area contributed by atoms with Gasteiger partial charge in [-0.1, -0.05) is 22.9 Å². The fraction of sp³-hybridized carbons (Fsp3) is 0.211. The Kier molecular flexibility index (Phi) is 4.53. The molecule has 0 radical (unpaired) electrons. The Labute approximate surface area is 163 Å². The second-order valence-corrected chi connectivity index (χ2v) is 6.72. The third-order valence-corrected chi connectivity index (χ3v) is 4.66. The highest BCUT2D eigenvalue weighted by Gasteiger charge is 2.55. The number of fused-ring (bicyclic) bond motifs is 1. The monoisotopic (exact) mass is 399 g/mol. The van der Waals surface area contributed by atoms with E-state index in [-0.39, 0.29) is 12.2 Å². The molecule has 2 aromatic rings. The van der Waals surface area contributed by atoms with Crippen molar-refractivity contribution in [2.75, 3.05) is 16.8 Å². The fourth-order valence-electron chi connectivity index (χ4n) is 3.22. The van der Waals surface area contributed by atoms with E-state index in [9.17, 15) is 23.2 Å². The molecule has 1 saturated heterocycles. The van der Waals surface area contributed by atoms with Gasteiger partial charge in [-0.15, -0.1) is 0 Å². The summed E-state index contributed by atoms with van der Waals surface area (Å²) in [6.45, 7) is 1.61. The SMILES string of the molecule is Cc1ccc(NC(=O)CN2N=N[C@H]3C(=O)N(c4ccc(F)c(F)c4)C(=O)[C@@H]32)cc1. The van der Waals surface area contributed by atoms with Gasteiger partial charge in [0, 0.05) is 11.8 Å². The zero-order chi connectivity index (χ0) is 20.7. The molecule has 0 spiro atoms. The van der Waals surface area contributed by atoms with Crippen LogP contribution in [0.4, 0.5) is 20.2 Å². The Morgan fingerprint density at radius 1 is 1.07 bits per heavy atom. The van der Waals surface area contributed by atoms with Crippen LogP contribution in [-0.4, -0.2) is 41.4 Å². The van der Waals surface area contributed by atoms with Gasteiger partial charge in [-0.2, -0.15) is 5.11 Å². The van der Waals surface area contributed by atoms with Crippen molar-refractivity contribution in [3.8, 4) is 0 Å². The summed E-state index contributed by atoms with van der Waals surface area (Å²) in [5.41, 5.74) is 1.50. The molecular weight excluding hydrogens is 384 g/mol. The summed E-state index contributed by atoms with van der Waals surface area (Å²) in [6.07, 6.45) is 0. The first-order valence-corrected chi connectivity index (χ1v) is 8.72. The van der Waals surface area contributed by atoms with Crippen molar-refractivity contribution >= 4 is 29.1 Å². The van der Waals surface area contributed by atoms with Gasteiger partial charge >= 0.3 is 0 Å². The van der Waals surface area contributed by atoms with Gasteiger partial charge in [0.05, 0.1) is 5.69 Å². The summed E-state index contributed by atoms with van der Waals surface area (Å²) in [6, 6.07) is 7.60. The van der Waals surface area contributed by atoms with Crippen LogP contribution in [0.2, 0.25) is 0 Å². The van der Waals surface area contributed by atoms with Gasteiger partial charge in [0.25, 0.3) is 11.8 Å². The molecule has 4 rings (SSSR count). The van der Waals surface area contributed by atoms with Gasteiger partial charge < -0.3 is 5.32 Å². The third-order valence-electron chi connectivity index (χ3n) is 4.66. The van der Waals surface area contributed by atoms with Gasteiger partial charge in [-0.3, -0.25) is 19.4 Å².